The van der Waals surface area contributed by atoms with Crippen LogP contribution < -0.4 is 10.1 Å². The van der Waals surface area contributed by atoms with Crippen LogP contribution in [0.3, 0.4) is 0 Å². The van der Waals surface area contributed by atoms with Gasteiger partial charge in [0.05, 0.1) is 11.9 Å². The number of fused-ring (bicyclic) bond motifs is 1. The lowest BCUT2D eigenvalue weighted by Crippen LogP contribution is -2.25. The summed E-state index contributed by atoms with van der Waals surface area (Å²) in [6.45, 7) is 8.60. The third-order valence-corrected chi connectivity index (χ3v) is 4.28. The van der Waals surface area contributed by atoms with Gasteiger partial charge in [-0.1, -0.05) is 24.0 Å². The summed E-state index contributed by atoms with van der Waals surface area (Å²) in [5.74, 6) is 0.530. The number of imidazole rings is 1. The molecule has 3 aromatic rings. The third kappa shape index (κ3) is 4.45. The number of amides is 1. The van der Waals surface area contributed by atoms with E-state index in [1.807, 2.05) is 26.1 Å². The van der Waals surface area contributed by atoms with Crippen molar-refractivity contribution in [3.05, 3.63) is 58.9 Å². The van der Waals surface area contributed by atoms with E-state index >= 15 is 0 Å². The molecule has 0 fully saturated rings. The molecule has 0 aliphatic heterocycles. The van der Waals surface area contributed by atoms with Crippen LogP contribution >= 0.6 is 11.3 Å². The van der Waals surface area contributed by atoms with E-state index in [1.165, 1.54) is 0 Å². The van der Waals surface area contributed by atoms with Gasteiger partial charge >= 0.3 is 0 Å². The van der Waals surface area contributed by atoms with Crippen LogP contribution in [0.2, 0.25) is 0 Å². The molecule has 2 aromatic heterocycles. The minimum atomic E-state index is -0.129. The number of carbonyl (C=O) groups excluding carboxylic acids is 1. The minimum absolute atomic E-state index is 0.129. The van der Waals surface area contributed by atoms with Gasteiger partial charge in [-0.05, 0) is 37.6 Å². The van der Waals surface area contributed by atoms with Gasteiger partial charge in [0.2, 0.25) is 4.96 Å². The van der Waals surface area contributed by atoms with Gasteiger partial charge in [0, 0.05) is 18.5 Å². The zero-order valence-corrected chi connectivity index (χ0v) is 15.1. The smallest absolute Gasteiger partial charge is 0.251 e. The fourth-order valence-corrected chi connectivity index (χ4v) is 3.05. The monoisotopic (exact) mass is 356 g/mol. The van der Waals surface area contributed by atoms with Crippen molar-refractivity contribution in [1.29, 1.82) is 0 Å². The Morgan fingerprint density at radius 1 is 1.44 bits per heavy atom. The van der Waals surface area contributed by atoms with Crippen molar-refractivity contribution in [3.63, 3.8) is 0 Å². The summed E-state index contributed by atoms with van der Waals surface area (Å²) in [5.41, 5.74) is 2.42. The molecule has 6 nitrogen and oxygen atoms in total. The summed E-state index contributed by atoms with van der Waals surface area (Å²) in [5, 5.41) is 8.22. The topological polar surface area (TPSA) is 68.5 Å². The van der Waals surface area contributed by atoms with E-state index in [4.69, 9.17) is 4.74 Å². The second kappa shape index (κ2) is 7.48. The second-order valence-corrected chi connectivity index (χ2v) is 7.02. The average molecular weight is 356 g/mol. The summed E-state index contributed by atoms with van der Waals surface area (Å²) in [4.78, 5) is 17.6. The first kappa shape index (κ1) is 17.2. The van der Waals surface area contributed by atoms with Gasteiger partial charge < -0.3 is 10.1 Å². The Morgan fingerprint density at radius 2 is 2.28 bits per heavy atom. The Kier molecular flexibility index (Phi) is 5.14. The molecule has 25 heavy (non-hydrogen) atoms. The average Bonchev–Trinajstić information content (AvgIpc) is 3.10. The van der Waals surface area contributed by atoms with Crippen molar-refractivity contribution in [2.24, 2.45) is 0 Å². The van der Waals surface area contributed by atoms with Gasteiger partial charge in [0.25, 0.3) is 5.91 Å². The standard InChI is InChI=1S/C18H20N4O2S/c1-12(2)11-24-16-6-4-5-14(9-16)17(23)19-8-7-15-10-22-18(20-15)25-13(3)21-22/h4-6,9-10H,1,7-8,11H2,2-3H3,(H,19,23). The fraction of sp³-hybridized carbons (Fsp3) is 0.278. The van der Waals surface area contributed by atoms with Crippen molar-refractivity contribution in [3.8, 4) is 5.75 Å². The fourth-order valence-electron chi connectivity index (χ4n) is 2.31. The van der Waals surface area contributed by atoms with Crippen LogP contribution in [0.25, 0.3) is 4.96 Å². The van der Waals surface area contributed by atoms with E-state index in [-0.39, 0.29) is 5.91 Å². The molecule has 1 amide bonds. The van der Waals surface area contributed by atoms with E-state index in [9.17, 15) is 4.79 Å². The van der Waals surface area contributed by atoms with Crippen molar-refractivity contribution < 1.29 is 9.53 Å². The maximum absolute atomic E-state index is 12.3. The molecule has 0 bridgehead atoms. The van der Waals surface area contributed by atoms with Crippen molar-refractivity contribution in [2.75, 3.05) is 13.2 Å². The molecular weight excluding hydrogens is 336 g/mol. The van der Waals surface area contributed by atoms with Crippen LogP contribution in [0.1, 0.15) is 28.0 Å². The zero-order valence-electron chi connectivity index (χ0n) is 14.3. The highest BCUT2D eigenvalue weighted by Gasteiger charge is 2.09. The Morgan fingerprint density at radius 3 is 3.04 bits per heavy atom. The summed E-state index contributed by atoms with van der Waals surface area (Å²) in [6, 6.07) is 7.13. The van der Waals surface area contributed by atoms with Gasteiger partial charge in [-0.2, -0.15) is 5.10 Å². The largest absolute Gasteiger partial charge is 0.489 e. The highest BCUT2D eigenvalue weighted by Crippen LogP contribution is 2.15. The molecule has 0 aliphatic rings. The molecule has 3 rings (SSSR count). The maximum atomic E-state index is 12.3. The molecule has 0 saturated carbocycles. The maximum Gasteiger partial charge on any atom is 0.251 e. The van der Waals surface area contributed by atoms with Crippen LogP contribution in [0.15, 0.2) is 42.6 Å². The summed E-state index contributed by atoms with van der Waals surface area (Å²) < 4.78 is 7.35. The van der Waals surface area contributed by atoms with Crippen LogP contribution in [-0.4, -0.2) is 33.7 Å². The van der Waals surface area contributed by atoms with Crippen molar-refractivity contribution >= 4 is 22.2 Å². The highest BCUT2D eigenvalue weighted by atomic mass is 32.1. The molecule has 1 N–H and O–H groups in total. The van der Waals surface area contributed by atoms with Gasteiger partial charge in [-0.3, -0.25) is 4.79 Å². The number of nitrogens with zero attached hydrogens (tertiary/aromatic N) is 3. The van der Waals surface area contributed by atoms with E-state index < -0.39 is 0 Å². The quantitative estimate of drug-likeness (QED) is 0.661. The molecule has 0 saturated heterocycles. The molecule has 0 spiro atoms. The van der Waals surface area contributed by atoms with Gasteiger partial charge in [-0.25, -0.2) is 9.50 Å². The summed E-state index contributed by atoms with van der Waals surface area (Å²) in [6.07, 6.45) is 2.56. The number of nitrogens with one attached hydrogen (secondary N) is 1. The lowest BCUT2D eigenvalue weighted by molar-refractivity contribution is 0.0953. The molecular formula is C18H20N4O2S. The van der Waals surface area contributed by atoms with E-state index in [0.717, 1.165) is 21.2 Å². The van der Waals surface area contributed by atoms with E-state index in [2.05, 4.69) is 22.0 Å². The highest BCUT2D eigenvalue weighted by molar-refractivity contribution is 7.16. The molecule has 7 heteroatoms. The second-order valence-electron chi connectivity index (χ2n) is 5.86. The Balaban J connectivity index is 1.54. The predicted molar refractivity (Wildman–Crippen MR) is 98.4 cm³/mol. The lowest BCUT2D eigenvalue weighted by atomic mass is 10.2. The SMILES string of the molecule is C=C(C)COc1cccc(C(=O)NCCc2cn3nc(C)sc3n2)c1. The number of aromatic nitrogens is 3. The lowest BCUT2D eigenvalue weighted by Gasteiger charge is -2.08. The number of aryl methyl sites for hydroxylation is 1. The van der Waals surface area contributed by atoms with Crippen molar-refractivity contribution in [2.45, 2.75) is 20.3 Å². The number of benzene rings is 1. The van der Waals surface area contributed by atoms with E-state index in [0.29, 0.717) is 30.9 Å². The normalized spacial score (nSPS) is 10.8. The predicted octanol–water partition coefficient (Wildman–Crippen LogP) is 3.03. The van der Waals surface area contributed by atoms with Gasteiger partial charge in [0.15, 0.2) is 0 Å². The first-order chi connectivity index (χ1) is 12.0. The van der Waals surface area contributed by atoms with Crippen LogP contribution in [0.5, 0.6) is 5.75 Å². The molecule has 0 unspecified atom stereocenters. The molecule has 0 radical (unpaired) electrons. The van der Waals surface area contributed by atoms with Gasteiger partial charge in [-0.15, -0.1) is 0 Å². The van der Waals surface area contributed by atoms with E-state index in [1.54, 1.807) is 34.1 Å². The number of hydrogen-bond acceptors (Lipinski definition) is 5. The molecule has 2 heterocycles. The van der Waals surface area contributed by atoms with Gasteiger partial charge in [0.1, 0.15) is 17.4 Å². The Bertz CT molecular complexity index is 881. The Labute approximate surface area is 150 Å². The number of rotatable bonds is 7. The zero-order chi connectivity index (χ0) is 17.8. The molecule has 1 aromatic carbocycles. The Hall–Kier alpha value is -2.67. The molecule has 130 valence electrons. The molecule has 0 aliphatic carbocycles. The number of ether oxygens (including phenoxy) is 1. The molecule has 0 atom stereocenters. The van der Waals surface area contributed by atoms with Crippen LogP contribution in [0, 0.1) is 6.92 Å². The number of hydrogen-bond donors (Lipinski definition) is 1. The third-order valence-electron chi connectivity index (χ3n) is 3.44. The first-order valence-electron chi connectivity index (χ1n) is 7.98. The van der Waals surface area contributed by atoms with Crippen LogP contribution in [-0.2, 0) is 6.42 Å². The number of carbonyl (C=O) groups is 1. The summed E-state index contributed by atoms with van der Waals surface area (Å²) in [7, 11) is 0. The minimum Gasteiger partial charge on any atom is -0.489 e. The van der Waals surface area contributed by atoms with Crippen molar-refractivity contribution in [1.82, 2.24) is 19.9 Å². The van der Waals surface area contributed by atoms with Crippen LogP contribution in [0.4, 0.5) is 0 Å². The summed E-state index contributed by atoms with van der Waals surface area (Å²) >= 11 is 1.55. The first-order valence-corrected chi connectivity index (χ1v) is 8.80.